The van der Waals surface area contributed by atoms with Crippen molar-refractivity contribution in [3.63, 3.8) is 0 Å². The Morgan fingerprint density at radius 1 is 0.953 bits per heavy atom. The van der Waals surface area contributed by atoms with Crippen molar-refractivity contribution >= 4 is 17.5 Å². The minimum absolute atomic E-state index is 0.0507. The molecular formula is C36H47N5O2. The second kappa shape index (κ2) is 14.2. The van der Waals surface area contributed by atoms with E-state index < -0.39 is 0 Å². The molecule has 1 aromatic heterocycles. The monoisotopic (exact) mass is 581 g/mol. The molecule has 2 saturated heterocycles. The van der Waals surface area contributed by atoms with E-state index in [1.165, 1.54) is 16.8 Å². The van der Waals surface area contributed by atoms with E-state index in [0.29, 0.717) is 29.8 Å². The Kier molecular flexibility index (Phi) is 10.1. The van der Waals surface area contributed by atoms with Crippen molar-refractivity contribution in [1.82, 2.24) is 20.1 Å². The van der Waals surface area contributed by atoms with Gasteiger partial charge in [0.15, 0.2) is 0 Å². The average Bonchev–Trinajstić information content (AvgIpc) is 3.56. The summed E-state index contributed by atoms with van der Waals surface area (Å²) in [5.74, 6) is 0.0256. The van der Waals surface area contributed by atoms with Crippen LogP contribution in [0.25, 0.3) is 0 Å². The second-order valence-electron chi connectivity index (χ2n) is 12.4. The van der Waals surface area contributed by atoms with Crippen molar-refractivity contribution in [2.24, 2.45) is 0 Å². The van der Waals surface area contributed by atoms with Crippen LogP contribution in [-0.2, 0) is 6.54 Å². The quantitative estimate of drug-likeness (QED) is 0.322. The van der Waals surface area contributed by atoms with Gasteiger partial charge >= 0.3 is 0 Å². The van der Waals surface area contributed by atoms with Crippen molar-refractivity contribution in [3.8, 4) is 0 Å². The van der Waals surface area contributed by atoms with Crippen LogP contribution in [0.3, 0.4) is 0 Å². The molecule has 43 heavy (non-hydrogen) atoms. The maximum absolute atomic E-state index is 13.2. The van der Waals surface area contributed by atoms with Crippen molar-refractivity contribution < 1.29 is 9.59 Å². The zero-order valence-corrected chi connectivity index (χ0v) is 26.3. The molecule has 7 heteroatoms. The molecule has 2 fully saturated rings. The fourth-order valence-electron chi connectivity index (χ4n) is 6.75. The first kappa shape index (κ1) is 30.7. The third-order valence-electron chi connectivity index (χ3n) is 9.39. The van der Waals surface area contributed by atoms with Gasteiger partial charge in [0.1, 0.15) is 0 Å². The Morgan fingerprint density at radius 3 is 2.28 bits per heavy atom. The average molecular weight is 582 g/mol. The number of benzene rings is 2. The second-order valence-corrected chi connectivity index (χ2v) is 12.4. The van der Waals surface area contributed by atoms with Gasteiger partial charge < -0.3 is 20.0 Å². The SMILES string of the molecule is Cc1ccncc1CN(c1ccccc1)C1CCN([C@H](C)CCNC(=O)c2c(C)cc(C(=O)N3CCCC3)cc2C)CC1. The molecule has 0 spiro atoms. The van der Waals surface area contributed by atoms with Crippen molar-refractivity contribution in [3.05, 3.63) is 94.3 Å². The van der Waals surface area contributed by atoms with E-state index >= 15 is 0 Å². The summed E-state index contributed by atoms with van der Waals surface area (Å²) in [4.78, 5) is 37.5. The molecule has 0 saturated carbocycles. The Labute approximate surface area is 257 Å². The number of anilines is 1. The maximum Gasteiger partial charge on any atom is 0.253 e. The number of hydrogen-bond acceptors (Lipinski definition) is 5. The molecule has 1 N–H and O–H groups in total. The van der Waals surface area contributed by atoms with Gasteiger partial charge in [-0.3, -0.25) is 14.6 Å². The molecular weight excluding hydrogens is 534 g/mol. The van der Waals surface area contributed by atoms with Gasteiger partial charge in [-0.1, -0.05) is 18.2 Å². The molecule has 2 aliphatic heterocycles. The summed E-state index contributed by atoms with van der Waals surface area (Å²) >= 11 is 0. The Hall–Kier alpha value is -3.71. The van der Waals surface area contributed by atoms with E-state index in [9.17, 15) is 9.59 Å². The van der Waals surface area contributed by atoms with Gasteiger partial charge in [0.2, 0.25) is 0 Å². The third kappa shape index (κ3) is 7.45. The fraction of sp³-hybridized carbons (Fsp3) is 0.472. The number of para-hydroxylation sites is 1. The molecule has 0 aliphatic carbocycles. The number of nitrogens with zero attached hydrogens (tertiary/aromatic N) is 4. The molecule has 3 aromatic rings. The lowest BCUT2D eigenvalue weighted by atomic mass is 9.97. The summed E-state index contributed by atoms with van der Waals surface area (Å²) in [7, 11) is 0. The molecule has 7 nitrogen and oxygen atoms in total. The van der Waals surface area contributed by atoms with E-state index in [1.807, 2.05) is 43.3 Å². The van der Waals surface area contributed by atoms with Gasteiger partial charge in [-0.25, -0.2) is 0 Å². The van der Waals surface area contributed by atoms with Crippen LogP contribution < -0.4 is 10.2 Å². The predicted molar refractivity (Wildman–Crippen MR) is 174 cm³/mol. The number of nitrogens with one attached hydrogen (secondary N) is 1. The largest absolute Gasteiger partial charge is 0.364 e. The number of likely N-dealkylation sites (tertiary alicyclic amines) is 2. The van der Waals surface area contributed by atoms with Crippen LogP contribution in [-0.4, -0.2) is 71.4 Å². The number of piperidine rings is 1. The van der Waals surface area contributed by atoms with Crippen LogP contribution in [0.5, 0.6) is 0 Å². The van der Waals surface area contributed by atoms with Gasteiger partial charge in [0.05, 0.1) is 0 Å². The number of carbonyl (C=O) groups is 2. The molecule has 1 atom stereocenters. The molecule has 3 heterocycles. The molecule has 0 radical (unpaired) electrons. The standard InChI is InChI=1S/C36H47N5O2/c1-26-12-16-37-24-31(26)25-41(32-10-6-5-7-11-32)33-14-20-39(21-15-33)29(4)13-17-38-35(42)34-27(2)22-30(23-28(34)3)36(43)40-18-8-9-19-40/h5-7,10-12,16,22-24,29,33H,8-9,13-15,17-21,25H2,1-4H3,(H,38,42)/t29-/m1/s1. The Bertz CT molecular complexity index is 1370. The lowest BCUT2D eigenvalue weighted by molar-refractivity contribution is 0.0791. The van der Waals surface area contributed by atoms with Crippen LogP contribution in [0.4, 0.5) is 5.69 Å². The molecule has 0 unspecified atom stereocenters. The minimum Gasteiger partial charge on any atom is -0.364 e. The molecule has 2 aliphatic rings. The zero-order chi connectivity index (χ0) is 30.3. The third-order valence-corrected chi connectivity index (χ3v) is 9.39. The van der Waals surface area contributed by atoms with Gasteiger partial charge in [-0.2, -0.15) is 0 Å². The number of pyridine rings is 1. The predicted octanol–water partition coefficient (Wildman–Crippen LogP) is 5.92. The number of carbonyl (C=O) groups excluding carboxylic acids is 2. The van der Waals surface area contributed by atoms with Crippen molar-refractivity contribution in [2.45, 2.75) is 78.4 Å². The lowest BCUT2D eigenvalue weighted by Crippen LogP contribution is -2.48. The van der Waals surface area contributed by atoms with Gasteiger partial charge in [-0.15, -0.1) is 0 Å². The molecule has 2 aromatic carbocycles. The van der Waals surface area contributed by atoms with E-state index in [0.717, 1.165) is 76.0 Å². The van der Waals surface area contributed by atoms with Crippen molar-refractivity contribution in [2.75, 3.05) is 37.6 Å². The lowest BCUT2D eigenvalue weighted by Gasteiger charge is -2.42. The first-order chi connectivity index (χ1) is 20.8. The number of aromatic nitrogens is 1. The van der Waals surface area contributed by atoms with Crippen LogP contribution >= 0.6 is 0 Å². The minimum atomic E-state index is -0.0507. The van der Waals surface area contributed by atoms with E-state index in [1.54, 1.807) is 0 Å². The highest BCUT2D eigenvalue weighted by molar-refractivity contribution is 6.00. The highest BCUT2D eigenvalue weighted by Crippen LogP contribution is 2.27. The summed E-state index contributed by atoms with van der Waals surface area (Å²) < 4.78 is 0. The first-order valence-corrected chi connectivity index (χ1v) is 16.0. The molecule has 0 bridgehead atoms. The number of rotatable bonds is 10. The Morgan fingerprint density at radius 2 is 1.63 bits per heavy atom. The smallest absolute Gasteiger partial charge is 0.253 e. The van der Waals surface area contributed by atoms with Gasteiger partial charge in [0.25, 0.3) is 11.8 Å². The van der Waals surface area contributed by atoms with Crippen molar-refractivity contribution in [1.29, 1.82) is 0 Å². The van der Waals surface area contributed by atoms with E-state index in [4.69, 9.17) is 0 Å². The van der Waals surface area contributed by atoms with Gasteiger partial charge in [-0.05, 0) is 112 Å². The number of hydrogen-bond donors (Lipinski definition) is 1. The number of amides is 2. The summed E-state index contributed by atoms with van der Waals surface area (Å²) in [6.07, 6.45) is 9.11. The first-order valence-electron chi connectivity index (χ1n) is 16.0. The van der Waals surface area contributed by atoms with Crippen LogP contribution in [0.1, 0.15) is 82.0 Å². The normalized spacial score (nSPS) is 16.7. The Balaban J connectivity index is 1.13. The highest BCUT2D eigenvalue weighted by atomic mass is 16.2. The van der Waals surface area contributed by atoms with Crippen LogP contribution in [0, 0.1) is 20.8 Å². The summed E-state index contributed by atoms with van der Waals surface area (Å²) in [6, 6.07) is 17.4. The fourth-order valence-corrected chi connectivity index (χ4v) is 6.75. The summed E-state index contributed by atoms with van der Waals surface area (Å²) in [5, 5.41) is 3.16. The topological polar surface area (TPSA) is 68.8 Å². The molecule has 2 amide bonds. The molecule has 5 rings (SSSR count). The number of aryl methyl sites for hydroxylation is 3. The zero-order valence-electron chi connectivity index (χ0n) is 26.3. The highest BCUT2D eigenvalue weighted by Gasteiger charge is 2.28. The molecule has 228 valence electrons. The van der Waals surface area contributed by atoms with E-state index in [-0.39, 0.29) is 11.8 Å². The summed E-state index contributed by atoms with van der Waals surface area (Å²) in [5.41, 5.74) is 6.92. The van der Waals surface area contributed by atoms with Crippen LogP contribution in [0.15, 0.2) is 60.9 Å². The van der Waals surface area contributed by atoms with Gasteiger partial charge in [0, 0.05) is 80.6 Å². The summed E-state index contributed by atoms with van der Waals surface area (Å²) in [6.45, 7) is 13.5. The van der Waals surface area contributed by atoms with E-state index in [2.05, 4.69) is 70.3 Å². The maximum atomic E-state index is 13.2. The van der Waals surface area contributed by atoms with Crippen LogP contribution in [0.2, 0.25) is 0 Å².